The first kappa shape index (κ1) is 16.0. The highest BCUT2D eigenvalue weighted by Crippen LogP contribution is 2.15. The number of hydrazone groups is 1. The number of aryl methyl sites for hydroxylation is 1. The summed E-state index contributed by atoms with van der Waals surface area (Å²) in [4.78, 5) is 2.07. The van der Waals surface area contributed by atoms with E-state index in [0.29, 0.717) is 0 Å². The van der Waals surface area contributed by atoms with E-state index in [-0.39, 0.29) is 0 Å². The molecule has 0 radical (unpaired) electrons. The molecule has 0 fully saturated rings. The Kier molecular flexibility index (Phi) is 5.95. The highest BCUT2D eigenvalue weighted by Gasteiger charge is 1.98. The molecule has 0 atom stereocenters. The van der Waals surface area contributed by atoms with Crippen LogP contribution in [0.4, 0.5) is 11.4 Å². The third-order valence-corrected chi connectivity index (χ3v) is 3.48. The van der Waals surface area contributed by atoms with E-state index in [1.807, 2.05) is 32.4 Å². The number of anilines is 2. The lowest BCUT2D eigenvalue weighted by molar-refractivity contribution is -0.697. The largest absolute Gasteiger partial charge is 0.378 e. The van der Waals surface area contributed by atoms with Gasteiger partial charge in [0.2, 0.25) is 0 Å². The first-order chi connectivity index (χ1) is 10.7. The number of hydrogen-bond acceptors (Lipinski definition) is 3. The monoisotopic (exact) mass is 297 g/mol. The molecule has 0 aliphatic carbocycles. The number of benzene rings is 1. The van der Waals surface area contributed by atoms with Gasteiger partial charge in [-0.2, -0.15) is 5.10 Å². The molecule has 4 heteroatoms. The SMILES string of the molecule is CCCC[n+]1ccc(/C=N/Nc2ccc(N(C)C)cc2)cc1. The van der Waals surface area contributed by atoms with Gasteiger partial charge in [0.05, 0.1) is 11.9 Å². The fourth-order valence-corrected chi connectivity index (χ4v) is 2.06. The lowest BCUT2D eigenvalue weighted by Crippen LogP contribution is -2.32. The zero-order valence-corrected chi connectivity index (χ0v) is 13.7. The Morgan fingerprint density at radius 2 is 1.77 bits per heavy atom. The summed E-state index contributed by atoms with van der Waals surface area (Å²) in [5, 5.41) is 4.28. The quantitative estimate of drug-likeness (QED) is 0.483. The molecular formula is C18H25N4+. The smallest absolute Gasteiger partial charge is 0.169 e. The van der Waals surface area contributed by atoms with E-state index < -0.39 is 0 Å². The Bertz CT molecular complexity index is 585. The molecule has 22 heavy (non-hydrogen) atoms. The summed E-state index contributed by atoms with van der Waals surface area (Å²) in [7, 11) is 4.06. The minimum Gasteiger partial charge on any atom is -0.378 e. The molecule has 0 bridgehead atoms. The van der Waals surface area contributed by atoms with Gasteiger partial charge < -0.3 is 4.90 Å². The van der Waals surface area contributed by atoms with Crippen LogP contribution in [0.15, 0.2) is 53.9 Å². The van der Waals surface area contributed by atoms with Gasteiger partial charge in [-0.05, 0) is 24.3 Å². The molecular weight excluding hydrogens is 272 g/mol. The topological polar surface area (TPSA) is 31.5 Å². The van der Waals surface area contributed by atoms with E-state index in [4.69, 9.17) is 0 Å². The van der Waals surface area contributed by atoms with Crippen LogP contribution in [0, 0.1) is 0 Å². The number of nitrogens with one attached hydrogen (secondary N) is 1. The van der Waals surface area contributed by atoms with E-state index in [1.54, 1.807) is 0 Å². The number of hydrogen-bond donors (Lipinski definition) is 1. The molecule has 0 amide bonds. The van der Waals surface area contributed by atoms with E-state index in [1.165, 1.54) is 18.5 Å². The normalized spacial score (nSPS) is 10.9. The molecule has 4 nitrogen and oxygen atoms in total. The Hall–Kier alpha value is -2.36. The second kappa shape index (κ2) is 8.17. The van der Waals surface area contributed by atoms with Crippen molar-refractivity contribution >= 4 is 17.6 Å². The zero-order chi connectivity index (χ0) is 15.8. The highest BCUT2D eigenvalue weighted by molar-refractivity contribution is 5.79. The highest BCUT2D eigenvalue weighted by atomic mass is 15.3. The maximum Gasteiger partial charge on any atom is 0.169 e. The first-order valence-corrected chi connectivity index (χ1v) is 7.74. The maximum absolute atomic E-state index is 4.28. The summed E-state index contributed by atoms with van der Waals surface area (Å²) in [5.41, 5.74) is 6.30. The van der Waals surface area contributed by atoms with Gasteiger partial charge in [0.1, 0.15) is 6.54 Å². The second-order valence-electron chi connectivity index (χ2n) is 5.53. The first-order valence-electron chi connectivity index (χ1n) is 7.74. The molecule has 2 aromatic rings. The van der Waals surface area contributed by atoms with Crippen LogP contribution < -0.4 is 14.9 Å². The molecule has 1 heterocycles. The van der Waals surface area contributed by atoms with E-state index in [0.717, 1.165) is 17.8 Å². The van der Waals surface area contributed by atoms with Gasteiger partial charge in [-0.1, -0.05) is 13.3 Å². The summed E-state index contributed by atoms with van der Waals surface area (Å²) in [6, 6.07) is 12.3. The molecule has 1 N–H and O–H groups in total. The maximum atomic E-state index is 4.28. The van der Waals surface area contributed by atoms with Crippen LogP contribution in [0.1, 0.15) is 25.3 Å². The molecule has 1 aromatic carbocycles. The van der Waals surface area contributed by atoms with Gasteiger partial charge in [0, 0.05) is 43.9 Å². The van der Waals surface area contributed by atoms with Crippen molar-refractivity contribution in [3.05, 3.63) is 54.4 Å². The standard InChI is InChI=1S/C18H24N4/c1-4-5-12-22-13-10-16(11-14-22)15-19-20-17-6-8-18(9-7-17)21(2)3/h6-11,13-15H,4-5,12H2,1-3H3/p+1. The van der Waals surface area contributed by atoms with Gasteiger partial charge in [0.15, 0.2) is 12.4 Å². The fourth-order valence-electron chi connectivity index (χ4n) is 2.06. The fraction of sp³-hybridized carbons (Fsp3) is 0.333. The molecule has 0 spiro atoms. The molecule has 1 aromatic heterocycles. The van der Waals surface area contributed by atoms with Crippen molar-refractivity contribution in [1.82, 2.24) is 0 Å². The summed E-state index contributed by atoms with van der Waals surface area (Å²) in [5.74, 6) is 0. The summed E-state index contributed by atoms with van der Waals surface area (Å²) >= 11 is 0. The molecule has 2 rings (SSSR count). The third kappa shape index (κ3) is 4.88. The van der Waals surface area contributed by atoms with E-state index in [9.17, 15) is 0 Å². The Morgan fingerprint density at radius 3 is 2.36 bits per heavy atom. The lowest BCUT2D eigenvalue weighted by atomic mass is 10.2. The average Bonchev–Trinajstić information content (AvgIpc) is 2.54. The number of pyridine rings is 1. The van der Waals surface area contributed by atoms with Crippen LogP contribution in [0.3, 0.4) is 0 Å². The number of aromatic nitrogens is 1. The molecule has 0 aliphatic rings. The Morgan fingerprint density at radius 1 is 1.09 bits per heavy atom. The molecule has 116 valence electrons. The molecule has 0 saturated carbocycles. The molecule has 0 unspecified atom stereocenters. The van der Waals surface area contributed by atoms with Gasteiger partial charge >= 0.3 is 0 Å². The number of unbranched alkanes of at least 4 members (excludes halogenated alkanes) is 1. The van der Waals surface area contributed by atoms with Crippen molar-refractivity contribution < 1.29 is 4.57 Å². The molecule has 0 aliphatic heterocycles. The van der Waals surface area contributed by atoms with Crippen LogP contribution in [0.2, 0.25) is 0 Å². The third-order valence-electron chi connectivity index (χ3n) is 3.48. The van der Waals surface area contributed by atoms with Crippen LogP contribution in [0.25, 0.3) is 0 Å². The average molecular weight is 297 g/mol. The van der Waals surface area contributed by atoms with Crippen molar-refractivity contribution in [3.8, 4) is 0 Å². The van der Waals surface area contributed by atoms with E-state index >= 15 is 0 Å². The number of rotatable bonds is 7. The lowest BCUT2D eigenvalue weighted by Gasteiger charge is -2.12. The van der Waals surface area contributed by atoms with Crippen LogP contribution >= 0.6 is 0 Å². The van der Waals surface area contributed by atoms with E-state index in [2.05, 4.69) is 63.6 Å². The molecule has 0 saturated heterocycles. The van der Waals surface area contributed by atoms with Crippen molar-refractivity contribution in [2.24, 2.45) is 5.10 Å². The minimum absolute atomic E-state index is 0.982. The van der Waals surface area contributed by atoms with Crippen LogP contribution in [-0.2, 0) is 6.54 Å². The summed E-state index contributed by atoms with van der Waals surface area (Å²) < 4.78 is 2.20. The van der Waals surface area contributed by atoms with Crippen molar-refractivity contribution in [1.29, 1.82) is 0 Å². The van der Waals surface area contributed by atoms with Crippen molar-refractivity contribution in [2.75, 3.05) is 24.4 Å². The zero-order valence-electron chi connectivity index (χ0n) is 13.7. The predicted octanol–water partition coefficient (Wildman–Crippen LogP) is 3.29. The van der Waals surface area contributed by atoms with Gasteiger partial charge in [-0.3, -0.25) is 5.43 Å². The minimum atomic E-state index is 0.982. The predicted molar refractivity (Wildman–Crippen MR) is 93.5 cm³/mol. The van der Waals surface area contributed by atoms with Gasteiger partial charge in [0.25, 0.3) is 0 Å². The Labute approximate surface area is 133 Å². The van der Waals surface area contributed by atoms with Crippen LogP contribution in [-0.4, -0.2) is 20.3 Å². The summed E-state index contributed by atoms with van der Waals surface area (Å²) in [6.45, 7) is 3.28. The number of nitrogens with zero attached hydrogens (tertiary/aromatic N) is 3. The second-order valence-corrected chi connectivity index (χ2v) is 5.53. The van der Waals surface area contributed by atoms with Crippen molar-refractivity contribution in [3.63, 3.8) is 0 Å². The van der Waals surface area contributed by atoms with Crippen LogP contribution in [0.5, 0.6) is 0 Å². The van der Waals surface area contributed by atoms with Crippen molar-refractivity contribution in [2.45, 2.75) is 26.3 Å². The Balaban J connectivity index is 1.89. The van der Waals surface area contributed by atoms with Gasteiger partial charge in [-0.15, -0.1) is 0 Å². The van der Waals surface area contributed by atoms with Gasteiger partial charge in [-0.25, -0.2) is 4.57 Å². The summed E-state index contributed by atoms with van der Waals surface area (Å²) in [6.07, 6.45) is 8.46.